The number of benzene rings is 1. The van der Waals surface area contributed by atoms with Crippen LogP contribution in [0.1, 0.15) is 21.8 Å². The van der Waals surface area contributed by atoms with Crippen molar-refractivity contribution in [3.63, 3.8) is 0 Å². The number of hydrogen-bond acceptors (Lipinski definition) is 8. The van der Waals surface area contributed by atoms with E-state index in [4.69, 9.17) is 9.47 Å². The number of carbonyl (C=O) groups is 1. The van der Waals surface area contributed by atoms with Crippen molar-refractivity contribution in [3.8, 4) is 17.2 Å². The average molecular weight is 325 g/mol. The number of aliphatic hydroxyl groups is 4. The van der Waals surface area contributed by atoms with Crippen LogP contribution in [-0.4, -0.2) is 68.7 Å². The van der Waals surface area contributed by atoms with Crippen molar-refractivity contribution in [1.29, 1.82) is 0 Å². The summed E-state index contributed by atoms with van der Waals surface area (Å²) in [4.78, 5) is 12.3. The van der Waals surface area contributed by atoms with E-state index >= 15 is 0 Å². The van der Waals surface area contributed by atoms with Crippen LogP contribution in [0.4, 0.5) is 0 Å². The molecule has 1 amide bonds. The molecule has 0 aromatic heterocycles. The van der Waals surface area contributed by atoms with Crippen LogP contribution in [0.3, 0.4) is 0 Å². The standard InChI is InChI=1S/C14H15NO8/c16-8-5-3-1-4-13(23-2-22-4)9(17)6(3)14(21)15-7(5)10(18)12(20)11(8)19/h1,5,7-8,10-12,16-20H,2H2,(H,15,21)/t5-,7-,8-,10+,11-,12?/m1/s1. The molecule has 1 saturated carbocycles. The van der Waals surface area contributed by atoms with Gasteiger partial charge in [-0.15, -0.1) is 0 Å². The van der Waals surface area contributed by atoms with E-state index in [1.54, 1.807) is 0 Å². The Hall–Kier alpha value is -2.07. The van der Waals surface area contributed by atoms with Gasteiger partial charge in [0.2, 0.25) is 12.5 Å². The van der Waals surface area contributed by atoms with Crippen molar-refractivity contribution in [2.45, 2.75) is 36.4 Å². The minimum atomic E-state index is -1.60. The third-order valence-electron chi connectivity index (χ3n) is 4.73. The van der Waals surface area contributed by atoms with E-state index in [1.807, 2.05) is 0 Å². The number of aliphatic hydroxyl groups excluding tert-OH is 4. The molecule has 2 aliphatic heterocycles. The highest BCUT2D eigenvalue weighted by atomic mass is 16.7. The third kappa shape index (κ3) is 1.78. The molecule has 9 heteroatoms. The Morgan fingerprint density at radius 3 is 2.48 bits per heavy atom. The van der Waals surface area contributed by atoms with Crippen LogP contribution in [0.25, 0.3) is 0 Å². The molecule has 23 heavy (non-hydrogen) atoms. The molecule has 0 bridgehead atoms. The molecule has 0 spiro atoms. The minimum Gasteiger partial charge on any atom is -0.504 e. The van der Waals surface area contributed by atoms with E-state index in [1.165, 1.54) is 6.07 Å². The number of ether oxygens (including phenoxy) is 2. The molecule has 6 N–H and O–H groups in total. The number of rotatable bonds is 0. The summed E-state index contributed by atoms with van der Waals surface area (Å²) in [5, 5.41) is 52.9. The van der Waals surface area contributed by atoms with Gasteiger partial charge in [-0.3, -0.25) is 4.79 Å². The largest absolute Gasteiger partial charge is 0.504 e. The van der Waals surface area contributed by atoms with Gasteiger partial charge in [0.25, 0.3) is 5.91 Å². The van der Waals surface area contributed by atoms with Crippen LogP contribution < -0.4 is 14.8 Å². The smallest absolute Gasteiger partial charge is 0.255 e. The fourth-order valence-electron chi connectivity index (χ4n) is 3.58. The number of nitrogens with one attached hydrogen (secondary N) is 1. The summed E-state index contributed by atoms with van der Waals surface area (Å²) >= 11 is 0. The molecule has 0 radical (unpaired) electrons. The van der Waals surface area contributed by atoms with Gasteiger partial charge in [-0.25, -0.2) is 0 Å². The predicted octanol–water partition coefficient (Wildman–Crippen LogP) is -2.23. The molecular formula is C14H15NO8. The monoisotopic (exact) mass is 325 g/mol. The Bertz CT molecular complexity index is 692. The van der Waals surface area contributed by atoms with E-state index in [0.29, 0.717) is 0 Å². The second-order valence-electron chi connectivity index (χ2n) is 5.91. The molecule has 3 aliphatic rings. The number of phenolic OH excluding ortho intramolecular Hbond substituents is 1. The molecule has 1 aliphatic carbocycles. The van der Waals surface area contributed by atoms with Crippen LogP contribution in [0.15, 0.2) is 6.07 Å². The number of hydrogen-bond donors (Lipinski definition) is 6. The van der Waals surface area contributed by atoms with Crippen molar-refractivity contribution in [2.24, 2.45) is 0 Å². The quantitative estimate of drug-likeness (QED) is 0.314. The maximum atomic E-state index is 12.3. The first kappa shape index (κ1) is 14.5. The van der Waals surface area contributed by atoms with E-state index < -0.39 is 48.0 Å². The van der Waals surface area contributed by atoms with Gasteiger partial charge < -0.3 is 40.3 Å². The fraction of sp³-hybridized carbons (Fsp3) is 0.500. The van der Waals surface area contributed by atoms with E-state index in [2.05, 4.69) is 5.32 Å². The van der Waals surface area contributed by atoms with Crippen LogP contribution in [0.2, 0.25) is 0 Å². The summed E-state index contributed by atoms with van der Waals surface area (Å²) in [6.07, 6.45) is -6.11. The summed E-state index contributed by atoms with van der Waals surface area (Å²) in [7, 11) is 0. The molecule has 0 saturated heterocycles. The summed E-state index contributed by atoms with van der Waals surface area (Å²) in [5.41, 5.74) is 0.114. The molecule has 1 aromatic carbocycles. The Morgan fingerprint density at radius 2 is 1.74 bits per heavy atom. The third-order valence-corrected chi connectivity index (χ3v) is 4.73. The first-order valence-electron chi connectivity index (χ1n) is 7.10. The zero-order valence-electron chi connectivity index (χ0n) is 11.7. The topological polar surface area (TPSA) is 149 Å². The van der Waals surface area contributed by atoms with Gasteiger partial charge in [0.05, 0.1) is 17.7 Å². The van der Waals surface area contributed by atoms with Gasteiger partial charge in [-0.1, -0.05) is 0 Å². The maximum absolute atomic E-state index is 12.3. The Balaban J connectivity index is 1.91. The lowest BCUT2D eigenvalue weighted by Crippen LogP contribution is -2.66. The highest BCUT2D eigenvalue weighted by Crippen LogP contribution is 2.49. The number of aromatic hydroxyl groups is 1. The molecule has 1 fully saturated rings. The molecule has 9 nitrogen and oxygen atoms in total. The zero-order valence-corrected chi connectivity index (χ0v) is 11.7. The average Bonchev–Trinajstić information content (AvgIpc) is 2.99. The molecule has 1 aromatic rings. The number of phenols is 1. The maximum Gasteiger partial charge on any atom is 0.255 e. The SMILES string of the molecule is O=C1N[C@@H]2[C@@H](c3cc4c(c(O)c31)OCO4)[C@@H](O)[C@@H](O)C(O)[C@H]2O. The molecule has 6 atom stereocenters. The molecule has 4 rings (SSSR count). The minimum absolute atomic E-state index is 0.0313. The van der Waals surface area contributed by atoms with Crippen LogP contribution >= 0.6 is 0 Å². The van der Waals surface area contributed by atoms with E-state index in [0.717, 1.165) is 0 Å². The Kier molecular flexibility index (Phi) is 2.97. The highest BCUT2D eigenvalue weighted by molar-refractivity contribution is 6.01. The predicted molar refractivity (Wildman–Crippen MR) is 72.3 cm³/mol. The molecule has 124 valence electrons. The highest BCUT2D eigenvalue weighted by Gasteiger charge is 2.53. The van der Waals surface area contributed by atoms with Gasteiger partial charge in [0, 0.05) is 5.92 Å². The zero-order chi connectivity index (χ0) is 16.5. The second-order valence-corrected chi connectivity index (χ2v) is 5.91. The van der Waals surface area contributed by atoms with Gasteiger partial charge in [0.15, 0.2) is 11.5 Å². The summed E-state index contributed by atoms with van der Waals surface area (Å²) in [6, 6.07) is 0.428. The van der Waals surface area contributed by atoms with Gasteiger partial charge in [-0.2, -0.15) is 0 Å². The van der Waals surface area contributed by atoms with E-state index in [-0.39, 0.29) is 29.4 Å². The van der Waals surface area contributed by atoms with Crippen molar-refractivity contribution < 1.29 is 39.8 Å². The molecule has 2 heterocycles. The molecule has 1 unspecified atom stereocenters. The van der Waals surface area contributed by atoms with Gasteiger partial charge in [-0.05, 0) is 11.6 Å². The first-order valence-corrected chi connectivity index (χ1v) is 7.10. The fourth-order valence-corrected chi connectivity index (χ4v) is 3.58. The summed E-state index contributed by atoms with van der Waals surface area (Å²) in [5.74, 6) is -1.78. The van der Waals surface area contributed by atoms with Crippen LogP contribution in [0.5, 0.6) is 17.2 Å². The van der Waals surface area contributed by atoms with Gasteiger partial charge in [0.1, 0.15) is 18.3 Å². The summed E-state index contributed by atoms with van der Waals surface area (Å²) < 4.78 is 10.3. The lowest BCUT2D eigenvalue weighted by molar-refractivity contribution is -0.155. The van der Waals surface area contributed by atoms with Crippen molar-refractivity contribution in [2.75, 3.05) is 6.79 Å². The Labute approximate surface area is 129 Å². The normalized spacial score (nSPS) is 37.8. The number of amides is 1. The van der Waals surface area contributed by atoms with Crippen LogP contribution in [-0.2, 0) is 0 Å². The van der Waals surface area contributed by atoms with Crippen molar-refractivity contribution >= 4 is 5.91 Å². The Morgan fingerprint density at radius 1 is 1.04 bits per heavy atom. The van der Waals surface area contributed by atoms with E-state index in [9.17, 15) is 30.3 Å². The molecular weight excluding hydrogens is 310 g/mol. The lowest BCUT2D eigenvalue weighted by atomic mass is 9.70. The summed E-state index contributed by atoms with van der Waals surface area (Å²) in [6.45, 7) is -0.117. The first-order chi connectivity index (χ1) is 10.9. The number of fused-ring (bicyclic) bond motifs is 4. The van der Waals surface area contributed by atoms with Crippen molar-refractivity contribution in [1.82, 2.24) is 5.32 Å². The lowest BCUT2D eigenvalue weighted by Gasteiger charge is -2.47. The number of carbonyl (C=O) groups excluding carboxylic acids is 1. The van der Waals surface area contributed by atoms with Crippen LogP contribution in [0, 0.1) is 0 Å². The second kappa shape index (κ2) is 4.71. The van der Waals surface area contributed by atoms with Crippen molar-refractivity contribution in [3.05, 3.63) is 17.2 Å². The van der Waals surface area contributed by atoms with Gasteiger partial charge >= 0.3 is 0 Å².